The predicted octanol–water partition coefficient (Wildman–Crippen LogP) is 1.22. The van der Waals surface area contributed by atoms with Crippen LogP contribution in [0.3, 0.4) is 0 Å². The maximum absolute atomic E-state index is 5.49. The van der Waals surface area contributed by atoms with Crippen molar-refractivity contribution in [2.24, 2.45) is 0 Å². The van der Waals surface area contributed by atoms with Crippen LogP contribution in [0, 0.1) is 0 Å². The first-order chi connectivity index (χ1) is 4.79. The molecule has 0 aliphatic carbocycles. The van der Waals surface area contributed by atoms with Gasteiger partial charge >= 0.3 is 0 Å². The summed E-state index contributed by atoms with van der Waals surface area (Å²) >= 11 is 11.0. The van der Waals surface area contributed by atoms with E-state index in [0.29, 0.717) is 6.42 Å². The highest BCUT2D eigenvalue weighted by atomic mass is 35.5. The summed E-state index contributed by atoms with van der Waals surface area (Å²) in [6.07, 6.45) is 2.07. The summed E-state index contributed by atoms with van der Waals surface area (Å²) in [7, 11) is 0. The van der Waals surface area contributed by atoms with Crippen molar-refractivity contribution in [3.63, 3.8) is 0 Å². The van der Waals surface area contributed by atoms with Gasteiger partial charge in [-0.1, -0.05) is 0 Å². The smallest absolute Gasteiger partial charge is 0.113 e. The van der Waals surface area contributed by atoms with Gasteiger partial charge in [0.1, 0.15) is 4.84 Å². The zero-order chi connectivity index (χ0) is 7.40. The Morgan fingerprint density at radius 2 is 2.30 bits per heavy atom. The number of aromatic nitrogens is 3. The average molecular weight is 178 g/mol. The summed E-state index contributed by atoms with van der Waals surface area (Å²) in [5, 5.41) is 10.6. The van der Waals surface area contributed by atoms with Gasteiger partial charge in [-0.25, -0.2) is 0 Å². The second-order valence-electron chi connectivity index (χ2n) is 1.71. The van der Waals surface area contributed by atoms with Crippen molar-refractivity contribution in [3.05, 3.63) is 18.0 Å². The Hall–Kier alpha value is -0.410. The first-order valence-corrected chi connectivity index (χ1v) is 3.57. The molecule has 1 heterocycles. The van der Waals surface area contributed by atoms with Crippen molar-refractivity contribution in [2.45, 2.75) is 11.3 Å². The molecule has 1 aromatic heterocycles. The summed E-state index contributed by atoms with van der Waals surface area (Å²) in [5.74, 6) is 0. The Morgan fingerprint density at radius 1 is 1.50 bits per heavy atom. The molecular weight excluding hydrogens is 173 g/mol. The highest BCUT2D eigenvalue weighted by molar-refractivity contribution is 6.44. The molecule has 0 saturated carbocycles. The number of hydrogen-bond donors (Lipinski definition) is 0. The van der Waals surface area contributed by atoms with Crippen LogP contribution in [0.1, 0.15) is 5.69 Å². The van der Waals surface area contributed by atoms with Crippen LogP contribution < -0.4 is 0 Å². The van der Waals surface area contributed by atoms with Crippen molar-refractivity contribution < 1.29 is 0 Å². The Morgan fingerprint density at radius 3 is 2.80 bits per heavy atom. The van der Waals surface area contributed by atoms with Crippen LogP contribution in [0.15, 0.2) is 12.3 Å². The van der Waals surface area contributed by atoms with E-state index in [0.717, 1.165) is 5.69 Å². The molecule has 0 aliphatic heterocycles. The largest absolute Gasteiger partial charge is 0.139 e. The summed E-state index contributed by atoms with van der Waals surface area (Å²) in [5.41, 5.74) is 0.755. The van der Waals surface area contributed by atoms with E-state index in [-0.39, 0.29) is 0 Å². The van der Waals surface area contributed by atoms with Gasteiger partial charge in [0, 0.05) is 6.42 Å². The van der Waals surface area contributed by atoms with Gasteiger partial charge in [0.2, 0.25) is 0 Å². The quantitative estimate of drug-likeness (QED) is 0.639. The normalized spacial score (nSPS) is 10.3. The Labute approximate surface area is 68.4 Å². The van der Waals surface area contributed by atoms with E-state index in [1.807, 2.05) is 0 Å². The molecule has 3 nitrogen and oxygen atoms in total. The molecule has 0 N–H and O–H groups in total. The van der Waals surface area contributed by atoms with Gasteiger partial charge in [0.05, 0.1) is 11.9 Å². The molecule has 0 unspecified atom stereocenters. The van der Waals surface area contributed by atoms with Gasteiger partial charge in [-0.05, 0) is 11.3 Å². The van der Waals surface area contributed by atoms with Crippen molar-refractivity contribution in [1.82, 2.24) is 15.4 Å². The van der Waals surface area contributed by atoms with Crippen LogP contribution in [0.4, 0.5) is 0 Å². The molecule has 0 bridgehead atoms. The van der Waals surface area contributed by atoms with Gasteiger partial charge in [-0.3, -0.25) is 0 Å². The lowest BCUT2D eigenvalue weighted by Crippen LogP contribution is -1.99. The van der Waals surface area contributed by atoms with Crippen LogP contribution in [-0.2, 0) is 6.42 Å². The van der Waals surface area contributed by atoms with Crippen molar-refractivity contribution in [1.29, 1.82) is 0 Å². The lowest BCUT2D eigenvalue weighted by atomic mass is 10.3. The van der Waals surface area contributed by atoms with Crippen LogP contribution in [-0.4, -0.2) is 20.2 Å². The fourth-order valence-electron chi connectivity index (χ4n) is 0.533. The average Bonchev–Trinajstić information content (AvgIpc) is 1.88. The fourth-order valence-corrected chi connectivity index (χ4v) is 0.849. The highest BCUT2D eigenvalue weighted by Crippen LogP contribution is 2.07. The lowest BCUT2D eigenvalue weighted by molar-refractivity contribution is 0.807. The summed E-state index contributed by atoms with van der Waals surface area (Å²) < 4.78 is 0. The van der Waals surface area contributed by atoms with Crippen LogP contribution in [0.5, 0.6) is 0 Å². The zero-order valence-corrected chi connectivity index (χ0v) is 6.55. The molecule has 10 heavy (non-hydrogen) atoms. The predicted molar refractivity (Wildman–Crippen MR) is 39.0 cm³/mol. The number of nitrogens with zero attached hydrogens (tertiary/aromatic N) is 3. The lowest BCUT2D eigenvalue weighted by Gasteiger charge is -1.96. The van der Waals surface area contributed by atoms with Crippen LogP contribution in [0.25, 0.3) is 0 Å². The van der Waals surface area contributed by atoms with Crippen LogP contribution in [0.2, 0.25) is 0 Å². The van der Waals surface area contributed by atoms with E-state index in [2.05, 4.69) is 15.4 Å². The minimum absolute atomic E-state index is 0.420. The third-order valence-corrected chi connectivity index (χ3v) is 1.23. The van der Waals surface area contributed by atoms with E-state index in [1.165, 1.54) is 0 Å². The van der Waals surface area contributed by atoms with Gasteiger partial charge < -0.3 is 0 Å². The molecule has 0 aromatic carbocycles. The molecule has 0 aliphatic rings. The maximum atomic E-state index is 5.49. The summed E-state index contributed by atoms with van der Waals surface area (Å²) in [4.78, 5) is -0.420. The maximum Gasteiger partial charge on any atom is 0.113 e. The van der Waals surface area contributed by atoms with Crippen molar-refractivity contribution in [2.75, 3.05) is 0 Å². The van der Waals surface area contributed by atoms with Gasteiger partial charge in [-0.2, -0.15) is 0 Å². The SMILES string of the molecule is ClC(Cl)Cc1ccnnn1. The molecule has 0 radical (unpaired) electrons. The Balaban J connectivity index is 2.59. The van der Waals surface area contributed by atoms with Crippen molar-refractivity contribution >= 4 is 23.2 Å². The molecule has 0 fully saturated rings. The molecule has 1 rings (SSSR count). The molecular formula is C5H5Cl2N3. The standard InChI is InChI=1S/C5H5Cl2N3/c6-5(7)3-4-1-2-8-10-9-4/h1-2,5H,3H2. The minimum Gasteiger partial charge on any atom is -0.139 e. The van der Waals surface area contributed by atoms with Crippen molar-refractivity contribution in [3.8, 4) is 0 Å². The van der Waals surface area contributed by atoms with E-state index in [4.69, 9.17) is 23.2 Å². The molecule has 0 spiro atoms. The number of halogens is 2. The minimum atomic E-state index is -0.420. The van der Waals surface area contributed by atoms with E-state index < -0.39 is 4.84 Å². The molecule has 54 valence electrons. The van der Waals surface area contributed by atoms with Gasteiger partial charge in [-0.15, -0.1) is 33.4 Å². The first kappa shape index (κ1) is 7.69. The van der Waals surface area contributed by atoms with Gasteiger partial charge in [0.25, 0.3) is 0 Å². The summed E-state index contributed by atoms with van der Waals surface area (Å²) in [6.45, 7) is 0. The molecule has 1 aromatic rings. The van der Waals surface area contributed by atoms with E-state index in [9.17, 15) is 0 Å². The molecule has 0 amide bonds. The Kier molecular flexibility index (Phi) is 2.83. The molecule has 5 heteroatoms. The second-order valence-corrected chi connectivity index (χ2v) is 2.98. The number of alkyl halides is 2. The monoisotopic (exact) mass is 177 g/mol. The topological polar surface area (TPSA) is 38.7 Å². The number of hydrogen-bond acceptors (Lipinski definition) is 3. The summed E-state index contributed by atoms with van der Waals surface area (Å²) in [6, 6.07) is 1.73. The number of rotatable bonds is 2. The Bertz CT molecular complexity index is 189. The fraction of sp³-hybridized carbons (Fsp3) is 0.400. The zero-order valence-electron chi connectivity index (χ0n) is 5.04. The molecule has 0 atom stereocenters. The van der Waals surface area contributed by atoms with Gasteiger partial charge in [0.15, 0.2) is 0 Å². The third kappa shape index (κ3) is 2.45. The first-order valence-electron chi connectivity index (χ1n) is 2.70. The van der Waals surface area contributed by atoms with Crippen LogP contribution >= 0.6 is 23.2 Å². The highest BCUT2D eigenvalue weighted by Gasteiger charge is 2.01. The van der Waals surface area contributed by atoms with E-state index in [1.54, 1.807) is 12.3 Å². The third-order valence-electron chi connectivity index (χ3n) is 0.922. The molecule has 0 saturated heterocycles. The second kappa shape index (κ2) is 3.68. The van der Waals surface area contributed by atoms with E-state index >= 15 is 0 Å².